The molecule has 2 rings (SSSR count). The van der Waals surface area contributed by atoms with Gasteiger partial charge in [-0.3, -0.25) is 9.97 Å². The molecule has 0 saturated heterocycles. The molecule has 1 aromatic carbocycles. The molecule has 0 fully saturated rings. The first-order valence-corrected chi connectivity index (χ1v) is 6.22. The SMILES string of the molecule is Cc1cccc(C(C)NCc2cnc(C)cn2)c1. The lowest BCUT2D eigenvalue weighted by Gasteiger charge is -2.14. The van der Waals surface area contributed by atoms with Crippen molar-refractivity contribution in [3.05, 3.63) is 59.2 Å². The summed E-state index contributed by atoms with van der Waals surface area (Å²) in [7, 11) is 0. The average Bonchev–Trinajstić information content (AvgIpc) is 2.38. The maximum absolute atomic E-state index is 4.34. The van der Waals surface area contributed by atoms with Gasteiger partial charge in [-0.1, -0.05) is 29.8 Å². The van der Waals surface area contributed by atoms with Crippen LogP contribution in [0.15, 0.2) is 36.7 Å². The van der Waals surface area contributed by atoms with Crippen LogP contribution in [0, 0.1) is 13.8 Å². The summed E-state index contributed by atoms with van der Waals surface area (Å²) in [6.07, 6.45) is 3.62. The van der Waals surface area contributed by atoms with Crippen molar-refractivity contribution in [3.63, 3.8) is 0 Å². The van der Waals surface area contributed by atoms with Crippen molar-refractivity contribution in [2.75, 3.05) is 0 Å². The lowest BCUT2D eigenvalue weighted by atomic mass is 10.1. The first-order valence-electron chi connectivity index (χ1n) is 6.22. The van der Waals surface area contributed by atoms with Crippen LogP contribution in [-0.2, 0) is 6.54 Å². The molecular weight excluding hydrogens is 222 g/mol. The highest BCUT2D eigenvalue weighted by molar-refractivity contribution is 5.24. The number of aryl methyl sites for hydroxylation is 2. The molecule has 3 heteroatoms. The molecule has 0 radical (unpaired) electrons. The quantitative estimate of drug-likeness (QED) is 0.894. The van der Waals surface area contributed by atoms with Crippen LogP contribution in [0.1, 0.15) is 35.5 Å². The van der Waals surface area contributed by atoms with Crippen molar-refractivity contribution in [2.45, 2.75) is 33.4 Å². The zero-order valence-corrected chi connectivity index (χ0v) is 11.1. The second-order valence-electron chi connectivity index (χ2n) is 4.67. The van der Waals surface area contributed by atoms with Crippen LogP contribution < -0.4 is 5.32 Å². The van der Waals surface area contributed by atoms with Gasteiger partial charge in [-0.15, -0.1) is 0 Å². The Morgan fingerprint density at radius 2 is 2.00 bits per heavy atom. The van der Waals surface area contributed by atoms with Gasteiger partial charge in [0.1, 0.15) is 0 Å². The molecule has 3 nitrogen and oxygen atoms in total. The van der Waals surface area contributed by atoms with Crippen LogP contribution in [0.25, 0.3) is 0 Å². The summed E-state index contributed by atoms with van der Waals surface area (Å²) in [4.78, 5) is 8.58. The Hall–Kier alpha value is -1.74. The van der Waals surface area contributed by atoms with E-state index in [9.17, 15) is 0 Å². The number of nitrogens with one attached hydrogen (secondary N) is 1. The predicted octanol–water partition coefficient (Wildman–Crippen LogP) is 2.94. The number of hydrogen-bond donors (Lipinski definition) is 1. The Kier molecular flexibility index (Phi) is 4.05. The molecule has 18 heavy (non-hydrogen) atoms. The summed E-state index contributed by atoms with van der Waals surface area (Å²) < 4.78 is 0. The minimum Gasteiger partial charge on any atom is -0.305 e. The van der Waals surface area contributed by atoms with Crippen molar-refractivity contribution in [3.8, 4) is 0 Å². The molecule has 1 aromatic heterocycles. The summed E-state index contributed by atoms with van der Waals surface area (Å²) >= 11 is 0. The molecule has 0 amide bonds. The van der Waals surface area contributed by atoms with Gasteiger partial charge in [-0.25, -0.2) is 0 Å². The molecule has 0 bridgehead atoms. The van der Waals surface area contributed by atoms with Gasteiger partial charge in [0.15, 0.2) is 0 Å². The van der Waals surface area contributed by atoms with E-state index in [1.54, 1.807) is 6.20 Å². The number of benzene rings is 1. The highest BCUT2D eigenvalue weighted by atomic mass is 14.9. The first kappa shape index (κ1) is 12.7. The van der Waals surface area contributed by atoms with Gasteiger partial charge in [0.2, 0.25) is 0 Å². The monoisotopic (exact) mass is 241 g/mol. The lowest BCUT2D eigenvalue weighted by Crippen LogP contribution is -2.19. The third kappa shape index (κ3) is 3.37. The lowest BCUT2D eigenvalue weighted by molar-refractivity contribution is 0.566. The van der Waals surface area contributed by atoms with E-state index in [0.717, 1.165) is 17.9 Å². The predicted molar refractivity (Wildman–Crippen MR) is 73.2 cm³/mol. The molecule has 0 aliphatic heterocycles. The van der Waals surface area contributed by atoms with Crippen LogP contribution in [0.3, 0.4) is 0 Å². The molecule has 1 unspecified atom stereocenters. The molecule has 1 atom stereocenters. The van der Waals surface area contributed by atoms with Crippen LogP contribution in [0.5, 0.6) is 0 Å². The standard InChI is InChI=1S/C15H19N3/c1-11-5-4-6-14(7-11)13(3)17-10-15-9-16-12(2)8-18-15/h4-9,13,17H,10H2,1-3H3. The normalized spacial score (nSPS) is 12.4. The maximum atomic E-state index is 4.34. The average molecular weight is 241 g/mol. The highest BCUT2D eigenvalue weighted by Crippen LogP contribution is 2.14. The molecule has 0 aliphatic carbocycles. The van der Waals surface area contributed by atoms with Crippen molar-refractivity contribution in [2.24, 2.45) is 0 Å². The van der Waals surface area contributed by atoms with Gasteiger partial charge in [-0.05, 0) is 26.3 Å². The van der Waals surface area contributed by atoms with E-state index in [4.69, 9.17) is 0 Å². The van der Waals surface area contributed by atoms with Crippen LogP contribution in [0.2, 0.25) is 0 Å². The van der Waals surface area contributed by atoms with E-state index in [-0.39, 0.29) is 0 Å². The Labute approximate surface area is 108 Å². The zero-order chi connectivity index (χ0) is 13.0. The highest BCUT2D eigenvalue weighted by Gasteiger charge is 2.05. The van der Waals surface area contributed by atoms with E-state index < -0.39 is 0 Å². The molecule has 1 heterocycles. The Morgan fingerprint density at radius 1 is 1.17 bits per heavy atom. The number of aromatic nitrogens is 2. The molecule has 1 N–H and O–H groups in total. The summed E-state index contributed by atoms with van der Waals surface area (Å²) in [6.45, 7) is 6.96. The molecule has 0 aliphatic rings. The van der Waals surface area contributed by atoms with Crippen molar-refractivity contribution >= 4 is 0 Å². The van der Waals surface area contributed by atoms with Crippen molar-refractivity contribution < 1.29 is 0 Å². The molecule has 0 spiro atoms. The molecular formula is C15H19N3. The Morgan fingerprint density at radius 3 is 2.67 bits per heavy atom. The summed E-state index contributed by atoms with van der Waals surface area (Å²) in [6, 6.07) is 8.87. The fourth-order valence-corrected chi connectivity index (χ4v) is 1.83. The minimum absolute atomic E-state index is 0.313. The fraction of sp³-hybridized carbons (Fsp3) is 0.333. The van der Waals surface area contributed by atoms with Crippen molar-refractivity contribution in [1.29, 1.82) is 0 Å². The third-order valence-corrected chi connectivity index (χ3v) is 2.97. The van der Waals surface area contributed by atoms with E-state index in [2.05, 4.69) is 53.4 Å². The minimum atomic E-state index is 0.313. The molecule has 2 aromatic rings. The summed E-state index contributed by atoms with van der Waals surface area (Å²) in [5.74, 6) is 0. The topological polar surface area (TPSA) is 37.8 Å². The van der Waals surface area contributed by atoms with E-state index in [1.807, 2.05) is 13.1 Å². The molecule has 94 valence electrons. The summed E-state index contributed by atoms with van der Waals surface area (Å²) in [5, 5.41) is 3.46. The van der Waals surface area contributed by atoms with E-state index in [1.165, 1.54) is 11.1 Å². The van der Waals surface area contributed by atoms with Gasteiger partial charge < -0.3 is 5.32 Å². The van der Waals surface area contributed by atoms with Gasteiger partial charge in [0.05, 0.1) is 11.4 Å². The van der Waals surface area contributed by atoms with Crippen LogP contribution in [0.4, 0.5) is 0 Å². The maximum Gasteiger partial charge on any atom is 0.0724 e. The van der Waals surface area contributed by atoms with Crippen molar-refractivity contribution in [1.82, 2.24) is 15.3 Å². The van der Waals surface area contributed by atoms with E-state index in [0.29, 0.717) is 6.04 Å². The first-order chi connectivity index (χ1) is 8.65. The molecule has 0 saturated carbocycles. The van der Waals surface area contributed by atoms with Gasteiger partial charge >= 0.3 is 0 Å². The smallest absolute Gasteiger partial charge is 0.0724 e. The largest absolute Gasteiger partial charge is 0.305 e. The van der Waals surface area contributed by atoms with Gasteiger partial charge in [-0.2, -0.15) is 0 Å². The second-order valence-corrected chi connectivity index (χ2v) is 4.67. The van der Waals surface area contributed by atoms with Crippen LogP contribution >= 0.6 is 0 Å². The Balaban J connectivity index is 1.96. The number of rotatable bonds is 4. The van der Waals surface area contributed by atoms with E-state index >= 15 is 0 Å². The number of hydrogen-bond acceptors (Lipinski definition) is 3. The summed E-state index contributed by atoms with van der Waals surface area (Å²) in [5.41, 5.74) is 4.51. The fourth-order valence-electron chi connectivity index (χ4n) is 1.83. The van der Waals surface area contributed by atoms with Gasteiger partial charge in [0, 0.05) is 25.0 Å². The zero-order valence-electron chi connectivity index (χ0n) is 11.1. The van der Waals surface area contributed by atoms with Gasteiger partial charge in [0.25, 0.3) is 0 Å². The number of nitrogens with zero attached hydrogens (tertiary/aromatic N) is 2. The third-order valence-electron chi connectivity index (χ3n) is 2.97. The van der Waals surface area contributed by atoms with Crippen LogP contribution in [-0.4, -0.2) is 9.97 Å². The Bertz CT molecular complexity index is 505. The second kappa shape index (κ2) is 5.74.